The maximum atomic E-state index is 12.0. The lowest BCUT2D eigenvalue weighted by Gasteiger charge is -2.06. The van der Waals surface area contributed by atoms with Crippen molar-refractivity contribution in [2.24, 2.45) is 5.73 Å². The fraction of sp³-hybridized carbons (Fsp3) is 0.250. The van der Waals surface area contributed by atoms with Crippen LogP contribution < -0.4 is 5.73 Å². The van der Waals surface area contributed by atoms with Crippen molar-refractivity contribution in [3.63, 3.8) is 0 Å². The summed E-state index contributed by atoms with van der Waals surface area (Å²) >= 11 is 5.67. The molecule has 1 rings (SSSR count). The number of hydrogen-bond donors (Lipinski definition) is 1. The number of hydrogen-bond acceptors (Lipinski definition) is 1. The van der Waals surface area contributed by atoms with Gasteiger partial charge in [-0.2, -0.15) is 0 Å². The van der Waals surface area contributed by atoms with Crippen LogP contribution in [0.2, 0.25) is 5.02 Å². The van der Waals surface area contributed by atoms with Crippen molar-refractivity contribution in [1.29, 1.82) is 0 Å². The SMILES string of the molecule is Cl.N[C@H](CF)c1cccc(Cl)c1. The topological polar surface area (TPSA) is 26.0 Å². The van der Waals surface area contributed by atoms with Gasteiger partial charge in [0.15, 0.2) is 0 Å². The van der Waals surface area contributed by atoms with Gasteiger partial charge in [0, 0.05) is 5.02 Å². The molecule has 4 heteroatoms. The van der Waals surface area contributed by atoms with Crippen LogP contribution in [0.5, 0.6) is 0 Å². The predicted octanol–water partition coefficient (Wildman–Crippen LogP) is 2.73. The summed E-state index contributed by atoms with van der Waals surface area (Å²) in [5.74, 6) is 0. The molecule has 0 aromatic heterocycles. The van der Waals surface area contributed by atoms with Crippen molar-refractivity contribution < 1.29 is 4.39 Å². The largest absolute Gasteiger partial charge is 0.322 e. The monoisotopic (exact) mass is 209 g/mol. The summed E-state index contributed by atoms with van der Waals surface area (Å²) in [6, 6.07) is 6.37. The fourth-order valence-corrected chi connectivity index (χ4v) is 1.03. The lowest BCUT2D eigenvalue weighted by molar-refractivity contribution is 0.437. The van der Waals surface area contributed by atoms with Gasteiger partial charge in [0.25, 0.3) is 0 Å². The van der Waals surface area contributed by atoms with Crippen molar-refractivity contribution in [2.45, 2.75) is 6.04 Å². The molecule has 0 saturated carbocycles. The third-order valence-corrected chi connectivity index (χ3v) is 1.68. The van der Waals surface area contributed by atoms with Crippen LogP contribution in [0.4, 0.5) is 4.39 Å². The van der Waals surface area contributed by atoms with Crippen LogP contribution in [0.25, 0.3) is 0 Å². The Balaban J connectivity index is 0.00000121. The summed E-state index contributed by atoms with van der Waals surface area (Å²) in [4.78, 5) is 0. The summed E-state index contributed by atoms with van der Waals surface area (Å²) in [7, 11) is 0. The standard InChI is InChI=1S/C8H9ClFN.ClH/c9-7-3-1-2-6(4-7)8(11)5-10;/h1-4,8H,5,11H2;1H/t8-;/m1./s1. The number of benzene rings is 1. The Bertz CT molecular complexity index is 242. The van der Waals surface area contributed by atoms with Crippen LogP contribution in [0.3, 0.4) is 0 Å². The molecular weight excluding hydrogens is 200 g/mol. The molecule has 68 valence electrons. The van der Waals surface area contributed by atoms with Crippen molar-refractivity contribution in [1.82, 2.24) is 0 Å². The Morgan fingerprint density at radius 2 is 2.17 bits per heavy atom. The number of halogens is 3. The van der Waals surface area contributed by atoms with E-state index in [1.165, 1.54) is 0 Å². The quantitative estimate of drug-likeness (QED) is 0.797. The molecule has 0 spiro atoms. The minimum atomic E-state index is -0.555. The van der Waals surface area contributed by atoms with Gasteiger partial charge in [0.05, 0.1) is 6.04 Å². The van der Waals surface area contributed by atoms with Gasteiger partial charge < -0.3 is 5.73 Å². The number of nitrogens with two attached hydrogens (primary N) is 1. The molecule has 0 saturated heterocycles. The van der Waals surface area contributed by atoms with E-state index in [1.807, 2.05) is 0 Å². The second-order valence-corrected chi connectivity index (χ2v) is 2.75. The average molecular weight is 210 g/mol. The van der Waals surface area contributed by atoms with Crippen molar-refractivity contribution >= 4 is 24.0 Å². The minimum Gasteiger partial charge on any atom is -0.322 e. The van der Waals surface area contributed by atoms with E-state index < -0.39 is 12.7 Å². The summed E-state index contributed by atoms with van der Waals surface area (Å²) in [5.41, 5.74) is 6.17. The van der Waals surface area contributed by atoms with Crippen LogP contribution in [0.15, 0.2) is 24.3 Å². The van der Waals surface area contributed by atoms with Gasteiger partial charge in [0.1, 0.15) is 6.67 Å². The molecule has 12 heavy (non-hydrogen) atoms. The van der Waals surface area contributed by atoms with Gasteiger partial charge in [-0.3, -0.25) is 0 Å². The second-order valence-electron chi connectivity index (χ2n) is 2.32. The molecule has 0 heterocycles. The maximum absolute atomic E-state index is 12.0. The normalized spacial score (nSPS) is 11.9. The molecule has 0 unspecified atom stereocenters. The number of alkyl halides is 1. The van der Waals surface area contributed by atoms with Crippen molar-refractivity contribution in [3.05, 3.63) is 34.9 Å². The third kappa shape index (κ3) is 2.97. The first-order chi connectivity index (χ1) is 5.24. The third-order valence-electron chi connectivity index (χ3n) is 1.44. The molecule has 0 aliphatic heterocycles. The van der Waals surface area contributed by atoms with E-state index in [0.29, 0.717) is 5.02 Å². The molecule has 1 nitrogen and oxygen atoms in total. The lowest BCUT2D eigenvalue weighted by Crippen LogP contribution is -2.11. The molecule has 0 amide bonds. The first kappa shape index (κ1) is 11.7. The zero-order chi connectivity index (χ0) is 8.27. The van der Waals surface area contributed by atoms with Gasteiger partial charge >= 0.3 is 0 Å². The highest BCUT2D eigenvalue weighted by Crippen LogP contribution is 2.15. The van der Waals surface area contributed by atoms with Crippen LogP contribution in [-0.2, 0) is 0 Å². The zero-order valence-corrected chi connectivity index (χ0v) is 7.91. The average Bonchev–Trinajstić information content (AvgIpc) is 2.03. The van der Waals surface area contributed by atoms with Gasteiger partial charge in [0.2, 0.25) is 0 Å². The first-order valence-corrected chi connectivity index (χ1v) is 3.69. The van der Waals surface area contributed by atoms with Crippen molar-refractivity contribution in [3.8, 4) is 0 Å². The van der Waals surface area contributed by atoms with E-state index in [1.54, 1.807) is 24.3 Å². The van der Waals surface area contributed by atoms with E-state index in [9.17, 15) is 4.39 Å². The first-order valence-electron chi connectivity index (χ1n) is 3.31. The highest BCUT2D eigenvalue weighted by molar-refractivity contribution is 6.30. The Morgan fingerprint density at radius 1 is 1.50 bits per heavy atom. The fourth-order valence-electron chi connectivity index (χ4n) is 0.826. The highest BCUT2D eigenvalue weighted by Gasteiger charge is 2.03. The molecule has 0 radical (unpaired) electrons. The van der Waals surface area contributed by atoms with Gasteiger partial charge in [-0.25, -0.2) is 4.39 Å². The smallest absolute Gasteiger partial charge is 0.109 e. The maximum Gasteiger partial charge on any atom is 0.109 e. The Morgan fingerprint density at radius 3 is 2.67 bits per heavy atom. The number of rotatable bonds is 2. The Kier molecular flexibility index (Phi) is 5.22. The molecule has 1 aromatic carbocycles. The van der Waals surface area contributed by atoms with E-state index in [0.717, 1.165) is 5.56 Å². The molecule has 1 atom stereocenters. The Labute approximate surface area is 82.1 Å². The molecular formula is C8H10Cl2FN. The molecule has 0 bridgehead atoms. The lowest BCUT2D eigenvalue weighted by atomic mass is 10.1. The van der Waals surface area contributed by atoms with E-state index >= 15 is 0 Å². The molecule has 0 fully saturated rings. The van der Waals surface area contributed by atoms with Gasteiger partial charge in [-0.1, -0.05) is 23.7 Å². The summed E-state index contributed by atoms with van der Waals surface area (Å²) in [6.45, 7) is -0.555. The minimum absolute atomic E-state index is 0. The summed E-state index contributed by atoms with van der Waals surface area (Å²) in [5, 5.41) is 0.589. The predicted molar refractivity (Wildman–Crippen MR) is 51.6 cm³/mol. The van der Waals surface area contributed by atoms with Gasteiger partial charge in [-0.15, -0.1) is 12.4 Å². The molecule has 0 aliphatic carbocycles. The van der Waals surface area contributed by atoms with E-state index in [4.69, 9.17) is 17.3 Å². The van der Waals surface area contributed by atoms with E-state index in [2.05, 4.69) is 0 Å². The molecule has 2 N–H and O–H groups in total. The van der Waals surface area contributed by atoms with Crippen molar-refractivity contribution in [2.75, 3.05) is 6.67 Å². The summed E-state index contributed by atoms with van der Waals surface area (Å²) < 4.78 is 12.0. The highest BCUT2D eigenvalue weighted by atomic mass is 35.5. The van der Waals surface area contributed by atoms with Crippen LogP contribution in [0.1, 0.15) is 11.6 Å². The Hall–Kier alpha value is -0.310. The van der Waals surface area contributed by atoms with Crippen LogP contribution in [0, 0.1) is 0 Å². The molecule has 1 aromatic rings. The zero-order valence-electron chi connectivity index (χ0n) is 6.34. The second kappa shape index (κ2) is 5.36. The van der Waals surface area contributed by atoms with E-state index in [-0.39, 0.29) is 12.4 Å². The summed E-state index contributed by atoms with van der Waals surface area (Å²) in [6.07, 6.45) is 0. The van der Waals surface area contributed by atoms with Crippen LogP contribution in [-0.4, -0.2) is 6.67 Å². The van der Waals surface area contributed by atoms with Crippen LogP contribution >= 0.6 is 24.0 Å². The molecule has 0 aliphatic rings. The van der Waals surface area contributed by atoms with Gasteiger partial charge in [-0.05, 0) is 17.7 Å².